The van der Waals surface area contributed by atoms with Gasteiger partial charge in [-0.15, -0.1) is 0 Å². The maximum atomic E-state index is 11.5. The summed E-state index contributed by atoms with van der Waals surface area (Å²) in [5.74, 6) is 0.0637. The summed E-state index contributed by atoms with van der Waals surface area (Å²) in [6, 6.07) is 5.54. The Bertz CT molecular complexity index is 483. The molecule has 1 aromatic rings. The van der Waals surface area contributed by atoms with Crippen LogP contribution in [0.2, 0.25) is 0 Å². The van der Waals surface area contributed by atoms with Gasteiger partial charge in [0.1, 0.15) is 0 Å². The van der Waals surface area contributed by atoms with E-state index >= 15 is 0 Å². The fraction of sp³-hybridized carbons (Fsp3) is 0.455. The lowest BCUT2D eigenvalue weighted by atomic mass is 10.1. The third-order valence-corrected chi connectivity index (χ3v) is 4.44. The summed E-state index contributed by atoms with van der Waals surface area (Å²) in [6.45, 7) is 2.27. The Balaban J connectivity index is 2.61. The van der Waals surface area contributed by atoms with Crippen molar-refractivity contribution in [2.24, 2.45) is 0 Å². The zero-order valence-corrected chi connectivity index (χ0v) is 11.2. The van der Waals surface area contributed by atoms with Crippen LogP contribution in [0.5, 0.6) is 0 Å². The second-order valence-electron chi connectivity index (χ2n) is 4.04. The van der Waals surface area contributed by atoms with Gasteiger partial charge in [0.15, 0.2) is 0 Å². The van der Waals surface area contributed by atoms with E-state index < -0.39 is 10.0 Å². The summed E-state index contributed by atoms with van der Waals surface area (Å²) in [4.78, 5) is 0. The van der Waals surface area contributed by atoms with Gasteiger partial charge in [0.05, 0.1) is 5.75 Å². The topological polar surface area (TPSA) is 75.4 Å². The highest BCUT2D eigenvalue weighted by Crippen LogP contribution is 2.20. The molecule has 96 valence electrons. The van der Waals surface area contributed by atoms with Gasteiger partial charge in [0.25, 0.3) is 0 Å². The summed E-state index contributed by atoms with van der Waals surface area (Å²) in [5, 5.41) is 3.08. The molecule has 5 nitrogen and oxygen atoms in total. The van der Waals surface area contributed by atoms with Crippen molar-refractivity contribution < 1.29 is 8.42 Å². The van der Waals surface area contributed by atoms with Crippen LogP contribution in [0.15, 0.2) is 18.2 Å². The number of nitrogens with two attached hydrogens (primary N) is 1. The minimum absolute atomic E-state index is 0.0637. The van der Waals surface area contributed by atoms with Crippen LogP contribution in [0.3, 0.4) is 0 Å². The molecule has 1 aromatic carbocycles. The molecule has 17 heavy (non-hydrogen) atoms. The van der Waals surface area contributed by atoms with Crippen LogP contribution in [0.4, 0.5) is 11.4 Å². The number of benzene rings is 1. The molecule has 0 bridgehead atoms. The Morgan fingerprint density at radius 1 is 1.35 bits per heavy atom. The number of sulfonamides is 1. The van der Waals surface area contributed by atoms with Gasteiger partial charge in [-0.2, -0.15) is 0 Å². The third kappa shape index (κ3) is 3.61. The van der Waals surface area contributed by atoms with Crippen LogP contribution in [-0.4, -0.2) is 39.1 Å². The van der Waals surface area contributed by atoms with Crippen LogP contribution in [0, 0.1) is 6.92 Å². The van der Waals surface area contributed by atoms with Crippen molar-refractivity contribution in [2.75, 3.05) is 37.4 Å². The van der Waals surface area contributed by atoms with Crippen molar-refractivity contribution in [1.82, 2.24) is 4.31 Å². The quantitative estimate of drug-likeness (QED) is 0.768. The van der Waals surface area contributed by atoms with E-state index in [1.165, 1.54) is 18.4 Å². The lowest BCUT2D eigenvalue weighted by molar-refractivity contribution is 0.521. The van der Waals surface area contributed by atoms with E-state index in [0.717, 1.165) is 11.3 Å². The largest absolute Gasteiger partial charge is 0.398 e. The summed E-state index contributed by atoms with van der Waals surface area (Å²) < 4.78 is 24.3. The fourth-order valence-corrected chi connectivity index (χ4v) is 2.07. The number of hydrogen-bond acceptors (Lipinski definition) is 4. The predicted molar refractivity (Wildman–Crippen MR) is 71.6 cm³/mol. The number of rotatable bonds is 5. The number of anilines is 2. The SMILES string of the molecule is Cc1c(N)cccc1NCCS(=O)(=O)N(C)C. The summed E-state index contributed by atoms with van der Waals surface area (Å²) in [6.07, 6.45) is 0. The number of nitrogen functional groups attached to an aromatic ring is 1. The van der Waals surface area contributed by atoms with Crippen molar-refractivity contribution in [2.45, 2.75) is 6.92 Å². The molecule has 0 heterocycles. The number of hydrogen-bond donors (Lipinski definition) is 2. The van der Waals surface area contributed by atoms with Crippen LogP contribution in [0.1, 0.15) is 5.56 Å². The zero-order chi connectivity index (χ0) is 13.1. The minimum atomic E-state index is -3.15. The molecule has 6 heteroatoms. The molecule has 0 saturated carbocycles. The molecule has 0 radical (unpaired) electrons. The van der Waals surface area contributed by atoms with E-state index in [9.17, 15) is 8.42 Å². The second-order valence-corrected chi connectivity index (χ2v) is 6.35. The molecular weight excluding hydrogens is 238 g/mol. The maximum absolute atomic E-state index is 11.5. The smallest absolute Gasteiger partial charge is 0.215 e. The Hall–Kier alpha value is -1.27. The molecule has 0 aliphatic rings. The molecule has 3 N–H and O–H groups in total. The first-order valence-electron chi connectivity index (χ1n) is 5.34. The number of nitrogens with one attached hydrogen (secondary N) is 1. The van der Waals surface area contributed by atoms with Gasteiger partial charge >= 0.3 is 0 Å². The van der Waals surface area contributed by atoms with Crippen LogP contribution in [-0.2, 0) is 10.0 Å². The predicted octanol–water partition coefficient (Wildman–Crippen LogP) is 0.881. The van der Waals surface area contributed by atoms with Gasteiger partial charge in [0.2, 0.25) is 10.0 Å². The highest BCUT2D eigenvalue weighted by Gasteiger charge is 2.12. The average molecular weight is 257 g/mol. The lowest BCUT2D eigenvalue weighted by Gasteiger charge is -2.14. The standard InChI is InChI=1S/C11H19N3O2S/c1-9-10(12)5-4-6-11(9)13-7-8-17(15,16)14(2)3/h4-6,13H,7-8,12H2,1-3H3. The van der Waals surface area contributed by atoms with E-state index in [1.54, 1.807) is 0 Å². The van der Waals surface area contributed by atoms with Crippen LogP contribution in [0.25, 0.3) is 0 Å². The molecule has 0 saturated heterocycles. The summed E-state index contributed by atoms with van der Waals surface area (Å²) in [7, 11) is -0.0940. The Morgan fingerprint density at radius 3 is 2.59 bits per heavy atom. The first-order chi connectivity index (χ1) is 7.84. The average Bonchev–Trinajstić information content (AvgIpc) is 2.24. The highest BCUT2D eigenvalue weighted by atomic mass is 32.2. The molecule has 0 amide bonds. The van der Waals surface area contributed by atoms with Crippen molar-refractivity contribution in [3.8, 4) is 0 Å². The molecule has 0 spiro atoms. The normalized spacial score (nSPS) is 11.8. The fourth-order valence-electron chi connectivity index (χ4n) is 1.34. The van der Waals surface area contributed by atoms with Gasteiger partial charge in [0, 0.05) is 32.0 Å². The van der Waals surface area contributed by atoms with Gasteiger partial charge < -0.3 is 11.1 Å². The van der Waals surface area contributed by atoms with Crippen molar-refractivity contribution in [3.05, 3.63) is 23.8 Å². The van der Waals surface area contributed by atoms with Gasteiger partial charge in [-0.3, -0.25) is 0 Å². The molecule has 0 fully saturated rings. The van der Waals surface area contributed by atoms with Crippen molar-refractivity contribution in [1.29, 1.82) is 0 Å². The summed E-state index contributed by atoms with van der Waals surface area (Å²) in [5.41, 5.74) is 8.27. The minimum Gasteiger partial charge on any atom is -0.398 e. The van der Waals surface area contributed by atoms with E-state index in [1.807, 2.05) is 25.1 Å². The first-order valence-corrected chi connectivity index (χ1v) is 6.94. The number of nitrogens with zero attached hydrogens (tertiary/aromatic N) is 1. The van der Waals surface area contributed by atoms with E-state index in [2.05, 4.69) is 5.32 Å². The summed E-state index contributed by atoms with van der Waals surface area (Å²) >= 11 is 0. The first kappa shape index (κ1) is 13.8. The molecular formula is C11H19N3O2S. The van der Waals surface area contributed by atoms with Crippen LogP contribution >= 0.6 is 0 Å². The second kappa shape index (κ2) is 5.37. The molecule has 0 atom stereocenters. The van der Waals surface area contributed by atoms with Crippen LogP contribution < -0.4 is 11.1 Å². The van der Waals surface area contributed by atoms with E-state index in [-0.39, 0.29) is 5.75 Å². The van der Waals surface area contributed by atoms with Gasteiger partial charge in [-0.05, 0) is 24.6 Å². The Kier molecular flexibility index (Phi) is 4.36. The molecule has 0 aliphatic carbocycles. The maximum Gasteiger partial charge on any atom is 0.215 e. The highest BCUT2D eigenvalue weighted by molar-refractivity contribution is 7.89. The Morgan fingerprint density at radius 2 is 2.00 bits per heavy atom. The molecule has 0 aliphatic heterocycles. The molecule has 0 aromatic heterocycles. The van der Waals surface area contributed by atoms with E-state index in [0.29, 0.717) is 12.2 Å². The molecule has 1 rings (SSSR count). The van der Waals surface area contributed by atoms with Gasteiger partial charge in [-0.25, -0.2) is 12.7 Å². The lowest BCUT2D eigenvalue weighted by Crippen LogP contribution is -2.28. The monoisotopic (exact) mass is 257 g/mol. The zero-order valence-electron chi connectivity index (χ0n) is 10.4. The van der Waals surface area contributed by atoms with Crippen molar-refractivity contribution in [3.63, 3.8) is 0 Å². The van der Waals surface area contributed by atoms with Crippen molar-refractivity contribution >= 4 is 21.4 Å². The van der Waals surface area contributed by atoms with Gasteiger partial charge in [-0.1, -0.05) is 6.07 Å². The van der Waals surface area contributed by atoms with E-state index in [4.69, 9.17) is 5.73 Å². The Labute approximate surface area is 103 Å². The third-order valence-electron chi connectivity index (χ3n) is 2.61. The molecule has 0 unspecified atom stereocenters.